The Bertz CT molecular complexity index is 477. The second kappa shape index (κ2) is 7.98. The Morgan fingerprint density at radius 1 is 1.40 bits per heavy atom. The van der Waals surface area contributed by atoms with Crippen molar-refractivity contribution in [3.8, 4) is 0 Å². The molecule has 0 unspecified atom stereocenters. The van der Waals surface area contributed by atoms with E-state index in [9.17, 15) is 9.59 Å². The first kappa shape index (κ1) is 15.7. The minimum atomic E-state index is -0.468. The summed E-state index contributed by atoms with van der Waals surface area (Å²) in [6.45, 7) is 2.61. The van der Waals surface area contributed by atoms with E-state index >= 15 is 0 Å². The zero-order valence-corrected chi connectivity index (χ0v) is 11.5. The third-order valence-corrected chi connectivity index (χ3v) is 2.63. The van der Waals surface area contributed by atoms with Crippen LogP contribution < -0.4 is 16.8 Å². The van der Waals surface area contributed by atoms with Gasteiger partial charge in [-0.25, -0.2) is 9.78 Å². The van der Waals surface area contributed by atoms with E-state index in [0.29, 0.717) is 30.8 Å². The Morgan fingerprint density at radius 3 is 2.80 bits per heavy atom. The number of carbonyl (C=O) groups is 2. The molecule has 0 aliphatic heterocycles. The smallest absolute Gasteiger partial charge is 0.340 e. The zero-order chi connectivity index (χ0) is 15.0. The molecular formula is C13H20N4O3. The topological polar surface area (TPSA) is 120 Å². The third kappa shape index (κ3) is 4.75. The molecule has 0 aliphatic carbocycles. The predicted octanol–water partition coefficient (Wildman–Crippen LogP) is 0.908. The van der Waals surface area contributed by atoms with Crippen LogP contribution in [0.5, 0.6) is 0 Å². The van der Waals surface area contributed by atoms with Crippen LogP contribution in [0.1, 0.15) is 36.5 Å². The van der Waals surface area contributed by atoms with E-state index in [4.69, 9.17) is 16.2 Å². The number of aromatic nitrogens is 1. The number of nitrogen functional groups attached to an aromatic ring is 1. The largest absolute Gasteiger partial charge is 0.462 e. The molecule has 0 bridgehead atoms. The highest BCUT2D eigenvalue weighted by molar-refractivity contribution is 5.97. The summed E-state index contributed by atoms with van der Waals surface area (Å²) >= 11 is 0. The molecule has 1 aromatic rings. The van der Waals surface area contributed by atoms with Crippen molar-refractivity contribution in [1.29, 1.82) is 0 Å². The number of ether oxygens (including phenoxy) is 1. The van der Waals surface area contributed by atoms with Crippen molar-refractivity contribution < 1.29 is 14.3 Å². The van der Waals surface area contributed by atoms with Gasteiger partial charge in [0.1, 0.15) is 5.82 Å². The Labute approximate surface area is 117 Å². The first-order valence-electron chi connectivity index (χ1n) is 6.50. The molecule has 7 heteroatoms. The van der Waals surface area contributed by atoms with Crippen molar-refractivity contribution in [3.63, 3.8) is 0 Å². The molecule has 20 heavy (non-hydrogen) atoms. The minimum absolute atomic E-state index is 0.265. The van der Waals surface area contributed by atoms with Gasteiger partial charge in [-0.2, -0.15) is 0 Å². The number of rotatable bonds is 8. The van der Waals surface area contributed by atoms with Gasteiger partial charge in [-0.05, 0) is 25.8 Å². The molecule has 1 rings (SSSR count). The van der Waals surface area contributed by atoms with E-state index < -0.39 is 5.97 Å². The monoisotopic (exact) mass is 280 g/mol. The first-order chi connectivity index (χ1) is 9.56. The first-order valence-corrected chi connectivity index (χ1v) is 6.50. The molecule has 0 fully saturated rings. The lowest BCUT2D eigenvalue weighted by molar-refractivity contribution is -0.118. The predicted molar refractivity (Wildman–Crippen MR) is 76.1 cm³/mol. The Balaban J connectivity index is 2.56. The molecule has 110 valence electrons. The normalized spacial score (nSPS) is 10.1. The van der Waals surface area contributed by atoms with E-state index in [0.717, 1.165) is 6.42 Å². The fourth-order valence-electron chi connectivity index (χ4n) is 1.63. The van der Waals surface area contributed by atoms with Crippen molar-refractivity contribution in [1.82, 2.24) is 4.98 Å². The molecular weight excluding hydrogens is 260 g/mol. The van der Waals surface area contributed by atoms with E-state index in [2.05, 4.69) is 10.3 Å². The van der Waals surface area contributed by atoms with E-state index in [1.807, 2.05) is 0 Å². The van der Waals surface area contributed by atoms with Gasteiger partial charge in [0.25, 0.3) is 0 Å². The summed E-state index contributed by atoms with van der Waals surface area (Å²) in [7, 11) is 0. The molecule has 0 spiro atoms. The maximum Gasteiger partial charge on any atom is 0.340 e. The highest BCUT2D eigenvalue weighted by atomic mass is 16.5. The molecule has 7 nitrogen and oxygen atoms in total. The molecule has 0 atom stereocenters. The molecule has 5 N–H and O–H groups in total. The third-order valence-electron chi connectivity index (χ3n) is 2.63. The number of anilines is 2. The molecule has 0 aliphatic rings. The average molecular weight is 280 g/mol. The van der Waals surface area contributed by atoms with Gasteiger partial charge in [-0.15, -0.1) is 0 Å². The number of unbranched alkanes of at least 4 members (excludes halogenated alkanes) is 1. The van der Waals surface area contributed by atoms with E-state index in [-0.39, 0.29) is 18.2 Å². The van der Waals surface area contributed by atoms with Gasteiger partial charge < -0.3 is 21.5 Å². The molecule has 1 aromatic heterocycles. The highest BCUT2D eigenvalue weighted by Crippen LogP contribution is 2.20. The van der Waals surface area contributed by atoms with Gasteiger partial charge in [-0.3, -0.25) is 4.79 Å². The number of primary amides is 1. The number of hydrogen-bond acceptors (Lipinski definition) is 6. The lowest BCUT2D eigenvalue weighted by atomic mass is 10.2. The van der Waals surface area contributed by atoms with Crippen LogP contribution in [-0.2, 0) is 9.53 Å². The molecule has 0 saturated carbocycles. The van der Waals surface area contributed by atoms with Crippen molar-refractivity contribution in [2.24, 2.45) is 5.73 Å². The van der Waals surface area contributed by atoms with Crippen molar-refractivity contribution in [2.75, 3.05) is 24.2 Å². The minimum Gasteiger partial charge on any atom is -0.462 e. The van der Waals surface area contributed by atoms with Gasteiger partial charge in [0, 0.05) is 19.2 Å². The van der Waals surface area contributed by atoms with Crippen molar-refractivity contribution >= 4 is 23.4 Å². The molecule has 1 amide bonds. The molecule has 0 radical (unpaired) electrons. The number of nitrogens with zero attached hydrogens (tertiary/aromatic N) is 1. The average Bonchev–Trinajstić information content (AvgIpc) is 2.40. The number of pyridine rings is 1. The van der Waals surface area contributed by atoms with Crippen LogP contribution in [0.3, 0.4) is 0 Å². The van der Waals surface area contributed by atoms with Gasteiger partial charge in [0.15, 0.2) is 0 Å². The quantitative estimate of drug-likeness (QED) is 0.481. The summed E-state index contributed by atoms with van der Waals surface area (Å²) in [6, 6.07) is 1.52. The summed E-state index contributed by atoms with van der Waals surface area (Å²) in [5.74, 6) is -0.342. The maximum atomic E-state index is 11.7. The fraction of sp³-hybridized carbons (Fsp3) is 0.462. The molecule has 0 saturated heterocycles. The number of hydrogen-bond donors (Lipinski definition) is 3. The Morgan fingerprint density at radius 2 is 2.15 bits per heavy atom. The summed E-state index contributed by atoms with van der Waals surface area (Å²) in [5, 5.41) is 3.03. The number of carbonyl (C=O) groups excluding carboxylic acids is 2. The number of amides is 1. The van der Waals surface area contributed by atoms with Gasteiger partial charge in [0.2, 0.25) is 5.91 Å². The zero-order valence-electron chi connectivity index (χ0n) is 11.5. The summed E-state index contributed by atoms with van der Waals surface area (Å²) < 4.78 is 4.91. The van der Waals surface area contributed by atoms with Gasteiger partial charge in [-0.1, -0.05) is 0 Å². The maximum absolute atomic E-state index is 11.7. The molecule has 0 aromatic carbocycles. The fourth-order valence-corrected chi connectivity index (χ4v) is 1.63. The standard InChI is InChI=1S/C13H20N4O3/c1-2-20-13(19)9-6-8-17-12(11(9)15)16-7-4-3-5-10(14)18/h6,8H,2-5,7,15H2,1H3,(H2,14,18)(H,16,17). The van der Waals surface area contributed by atoms with Crippen LogP contribution >= 0.6 is 0 Å². The van der Waals surface area contributed by atoms with Gasteiger partial charge in [0.05, 0.1) is 17.9 Å². The van der Waals surface area contributed by atoms with Crippen LogP contribution in [0.2, 0.25) is 0 Å². The van der Waals surface area contributed by atoms with Crippen LogP contribution in [0.25, 0.3) is 0 Å². The van der Waals surface area contributed by atoms with E-state index in [1.54, 1.807) is 6.92 Å². The van der Waals surface area contributed by atoms with Crippen LogP contribution in [-0.4, -0.2) is 30.0 Å². The number of esters is 1. The second-order valence-electron chi connectivity index (χ2n) is 4.19. The van der Waals surface area contributed by atoms with Gasteiger partial charge >= 0.3 is 5.97 Å². The number of nitrogens with two attached hydrogens (primary N) is 2. The van der Waals surface area contributed by atoms with Crippen molar-refractivity contribution in [3.05, 3.63) is 17.8 Å². The lowest BCUT2D eigenvalue weighted by Gasteiger charge is -2.11. The number of nitrogens with one attached hydrogen (secondary N) is 1. The molecule has 1 heterocycles. The summed E-state index contributed by atoms with van der Waals surface area (Å²) in [6.07, 6.45) is 3.30. The van der Waals surface area contributed by atoms with E-state index in [1.165, 1.54) is 12.3 Å². The van der Waals surface area contributed by atoms with Crippen molar-refractivity contribution in [2.45, 2.75) is 26.2 Å². The van der Waals surface area contributed by atoms with Crippen LogP contribution in [0, 0.1) is 0 Å². The lowest BCUT2D eigenvalue weighted by Crippen LogP contribution is -2.13. The second-order valence-corrected chi connectivity index (χ2v) is 4.19. The summed E-state index contributed by atoms with van der Waals surface area (Å²) in [5.41, 5.74) is 11.5. The van der Waals surface area contributed by atoms with Crippen LogP contribution in [0.15, 0.2) is 12.3 Å². The SMILES string of the molecule is CCOC(=O)c1ccnc(NCCCCC(N)=O)c1N. The Kier molecular flexibility index (Phi) is 6.28. The highest BCUT2D eigenvalue weighted by Gasteiger charge is 2.14. The van der Waals surface area contributed by atoms with Crippen LogP contribution in [0.4, 0.5) is 11.5 Å². The summed E-state index contributed by atoms with van der Waals surface area (Å²) in [4.78, 5) is 26.3. The Hall–Kier alpha value is -2.31.